The number of aliphatic carboxylic acids is 1. The zero-order chi connectivity index (χ0) is 16.7. The van der Waals surface area contributed by atoms with Crippen molar-refractivity contribution in [3.63, 3.8) is 0 Å². The van der Waals surface area contributed by atoms with E-state index < -0.39 is 5.97 Å². The van der Waals surface area contributed by atoms with E-state index in [1.54, 1.807) is 0 Å². The summed E-state index contributed by atoms with van der Waals surface area (Å²) in [6, 6.07) is 8.29. The maximum absolute atomic E-state index is 12.4. The van der Waals surface area contributed by atoms with Gasteiger partial charge in [-0.3, -0.25) is 9.59 Å². The van der Waals surface area contributed by atoms with Crippen molar-refractivity contribution in [1.82, 2.24) is 9.88 Å². The average molecular weight is 326 g/mol. The number of fused-ring (bicyclic) bond motifs is 1. The topological polar surface area (TPSA) is 73.4 Å². The van der Waals surface area contributed by atoms with Gasteiger partial charge in [0.25, 0.3) is 0 Å². The highest BCUT2D eigenvalue weighted by molar-refractivity contribution is 5.81. The van der Waals surface area contributed by atoms with E-state index in [1.807, 2.05) is 17.2 Å². The van der Waals surface area contributed by atoms with Crippen molar-refractivity contribution in [2.24, 2.45) is 11.3 Å². The Hall–Kier alpha value is -2.30. The summed E-state index contributed by atoms with van der Waals surface area (Å²) in [6.07, 6.45) is 5.66. The van der Waals surface area contributed by atoms with Gasteiger partial charge in [-0.2, -0.15) is 0 Å². The average Bonchev–Trinajstić information content (AvgIpc) is 3.08. The molecule has 1 aromatic carbocycles. The summed E-state index contributed by atoms with van der Waals surface area (Å²) in [5.74, 6) is -0.663. The van der Waals surface area contributed by atoms with Crippen LogP contribution in [0.3, 0.4) is 0 Å². The fourth-order valence-corrected chi connectivity index (χ4v) is 4.12. The quantitative estimate of drug-likeness (QED) is 0.907. The number of carboxylic acids is 1. The Labute approximate surface area is 140 Å². The van der Waals surface area contributed by atoms with Crippen LogP contribution in [0.1, 0.15) is 31.2 Å². The number of nitrogens with one attached hydrogen (secondary N) is 1. The van der Waals surface area contributed by atoms with E-state index in [-0.39, 0.29) is 17.2 Å². The summed E-state index contributed by atoms with van der Waals surface area (Å²) in [7, 11) is 0. The van der Waals surface area contributed by atoms with Gasteiger partial charge in [-0.25, -0.2) is 0 Å². The third-order valence-electron chi connectivity index (χ3n) is 5.84. The summed E-state index contributed by atoms with van der Waals surface area (Å²) in [4.78, 5) is 28.6. The number of carbonyl (C=O) groups excluding carboxylic acids is 1. The van der Waals surface area contributed by atoms with Gasteiger partial charge >= 0.3 is 5.97 Å². The molecule has 1 aromatic heterocycles. The second-order valence-electron chi connectivity index (χ2n) is 7.24. The molecule has 5 heteroatoms. The summed E-state index contributed by atoms with van der Waals surface area (Å²) < 4.78 is 0. The molecule has 2 aliphatic rings. The lowest BCUT2D eigenvalue weighted by Gasteiger charge is -2.32. The van der Waals surface area contributed by atoms with E-state index >= 15 is 0 Å². The van der Waals surface area contributed by atoms with Gasteiger partial charge in [0, 0.05) is 31.2 Å². The van der Waals surface area contributed by atoms with Crippen molar-refractivity contribution >= 4 is 22.8 Å². The van der Waals surface area contributed by atoms with Gasteiger partial charge in [0.15, 0.2) is 0 Å². The fourth-order valence-electron chi connectivity index (χ4n) is 4.12. The van der Waals surface area contributed by atoms with Crippen molar-refractivity contribution in [2.45, 2.75) is 32.1 Å². The second-order valence-corrected chi connectivity index (χ2v) is 7.24. The Morgan fingerprint density at radius 2 is 2.04 bits per heavy atom. The van der Waals surface area contributed by atoms with Crippen molar-refractivity contribution in [3.05, 3.63) is 36.0 Å². The third kappa shape index (κ3) is 2.68. The van der Waals surface area contributed by atoms with Crippen molar-refractivity contribution in [2.75, 3.05) is 13.1 Å². The molecule has 1 spiro atoms. The lowest BCUT2D eigenvalue weighted by molar-refractivity contribution is -0.139. The van der Waals surface area contributed by atoms with E-state index in [0.717, 1.165) is 31.2 Å². The number of carbonyl (C=O) groups is 2. The second kappa shape index (κ2) is 5.65. The van der Waals surface area contributed by atoms with Gasteiger partial charge < -0.3 is 15.0 Å². The minimum absolute atomic E-state index is 0.0120. The standard InChI is InChI=1S/C19H22N2O3/c22-17(4-2-13-1-3-16-14(11-13)5-8-20-16)21-9-6-19(7-10-21)12-15(19)18(23)24/h1,3,5,8,11,15,20H,2,4,6-7,9-10,12H2,(H,23,24). The number of nitrogens with zero attached hydrogens (tertiary/aromatic N) is 1. The summed E-state index contributed by atoms with van der Waals surface area (Å²) >= 11 is 0. The Morgan fingerprint density at radius 1 is 1.25 bits per heavy atom. The number of carboxylic acid groups (broad SMARTS) is 1. The van der Waals surface area contributed by atoms with E-state index in [1.165, 1.54) is 10.9 Å². The summed E-state index contributed by atoms with van der Waals surface area (Å²) in [5, 5.41) is 10.3. The summed E-state index contributed by atoms with van der Waals surface area (Å²) in [6.45, 7) is 1.42. The molecule has 0 radical (unpaired) electrons. The van der Waals surface area contributed by atoms with Gasteiger partial charge in [-0.15, -0.1) is 0 Å². The van der Waals surface area contributed by atoms with Crippen LogP contribution in [0.4, 0.5) is 0 Å². The van der Waals surface area contributed by atoms with E-state index in [0.29, 0.717) is 19.5 Å². The van der Waals surface area contributed by atoms with Crippen LogP contribution in [0.2, 0.25) is 0 Å². The number of benzene rings is 1. The van der Waals surface area contributed by atoms with Crippen LogP contribution < -0.4 is 0 Å². The minimum Gasteiger partial charge on any atom is -0.481 e. The molecule has 1 aliphatic carbocycles. The lowest BCUT2D eigenvalue weighted by atomic mass is 9.90. The SMILES string of the molecule is O=C(O)C1CC12CCN(C(=O)CCc1ccc3[nH]ccc3c1)CC2. The Balaban J connectivity index is 1.30. The number of hydrogen-bond acceptors (Lipinski definition) is 2. The third-order valence-corrected chi connectivity index (χ3v) is 5.84. The Bertz CT molecular complexity index is 787. The number of aryl methyl sites for hydroxylation is 1. The predicted molar refractivity (Wildman–Crippen MR) is 90.6 cm³/mol. The van der Waals surface area contributed by atoms with E-state index in [9.17, 15) is 9.59 Å². The highest BCUT2D eigenvalue weighted by atomic mass is 16.4. The van der Waals surface area contributed by atoms with Gasteiger partial charge in [-0.05, 0) is 60.2 Å². The molecule has 1 saturated heterocycles. The first-order chi connectivity index (χ1) is 11.6. The van der Waals surface area contributed by atoms with Gasteiger partial charge in [0.1, 0.15) is 0 Å². The molecule has 2 aromatic rings. The number of aromatic nitrogens is 1. The predicted octanol–water partition coefficient (Wildman–Crippen LogP) is 2.81. The van der Waals surface area contributed by atoms with Crippen LogP contribution >= 0.6 is 0 Å². The first kappa shape index (κ1) is 15.2. The van der Waals surface area contributed by atoms with E-state index in [4.69, 9.17) is 5.11 Å². The lowest BCUT2D eigenvalue weighted by Crippen LogP contribution is -2.40. The number of rotatable bonds is 4. The number of aromatic amines is 1. The number of H-pyrrole nitrogens is 1. The molecule has 5 nitrogen and oxygen atoms in total. The molecule has 126 valence electrons. The molecule has 0 bridgehead atoms. The molecule has 2 N–H and O–H groups in total. The van der Waals surface area contributed by atoms with Gasteiger partial charge in [-0.1, -0.05) is 6.07 Å². The smallest absolute Gasteiger partial charge is 0.307 e. The first-order valence-electron chi connectivity index (χ1n) is 8.64. The highest BCUT2D eigenvalue weighted by Crippen LogP contribution is 2.59. The van der Waals surface area contributed by atoms with Crippen LogP contribution in [0.5, 0.6) is 0 Å². The number of amides is 1. The van der Waals surface area contributed by atoms with Crippen LogP contribution in [0.25, 0.3) is 10.9 Å². The molecule has 2 heterocycles. The maximum atomic E-state index is 12.4. The van der Waals surface area contributed by atoms with Crippen molar-refractivity contribution < 1.29 is 14.7 Å². The van der Waals surface area contributed by atoms with Crippen molar-refractivity contribution in [1.29, 1.82) is 0 Å². The van der Waals surface area contributed by atoms with Crippen LogP contribution in [-0.4, -0.2) is 40.0 Å². The zero-order valence-electron chi connectivity index (χ0n) is 13.6. The number of hydrogen-bond donors (Lipinski definition) is 2. The Kier molecular flexibility index (Phi) is 3.59. The van der Waals surface area contributed by atoms with Crippen molar-refractivity contribution in [3.8, 4) is 0 Å². The van der Waals surface area contributed by atoms with Crippen LogP contribution in [0, 0.1) is 11.3 Å². The highest BCUT2D eigenvalue weighted by Gasteiger charge is 2.59. The molecule has 1 saturated carbocycles. The zero-order valence-corrected chi connectivity index (χ0v) is 13.6. The van der Waals surface area contributed by atoms with E-state index in [2.05, 4.69) is 23.2 Å². The minimum atomic E-state index is -0.671. The molecule has 1 unspecified atom stereocenters. The van der Waals surface area contributed by atoms with Gasteiger partial charge in [0.2, 0.25) is 5.91 Å². The Morgan fingerprint density at radius 3 is 2.75 bits per heavy atom. The molecular weight excluding hydrogens is 304 g/mol. The summed E-state index contributed by atoms with van der Waals surface area (Å²) in [5.41, 5.74) is 2.28. The normalized spacial score (nSPS) is 22.0. The molecule has 4 rings (SSSR count). The molecule has 24 heavy (non-hydrogen) atoms. The van der Waals surface area contributed by atoms with Crippen LogP contribution in [0.15, 0.2) is 30.5 Å². The molecular formula is C19H22N2O3. The number of likely N-dealkylation sites (tertiary alicyclic amines) is 1. The van der Waals surface area contributed by atoms with Gasteiger partial charge in [0.05, 0.1) is 5.92 Å². The largest absolute Gasteiger partial charge is 0.481 e. The number of piperidine rings is 1. The monoisotopic (exact) mass is 326 g/mol. The molecule has 2 fully saturated rings. The maximum Gasteiger partial charge on any atom is 0.307 e. The molecule has 1 amide bonds. The van der Waals surface area contributed by atoms with Crippen LogP contribution in [-0.2, 0) is 16.0 Å². The first-order valence-corrected chi connectivity index (χ1v) is 8.64. The molecule has 1 aliphatic heterocycles. The fraction of sp³-hybridized carbons (Fsp3) is 0.474. The molecule has 1 atom stereocenters.